The standard InChI is InChI=1S/C7H8N2O7S2/c8-7(10)9-4-1-5(17(11,12)13)3-6(2-4)18(14,15)16/h1-3H,(H3,8,9,10)(H,11,12,13)(H,14,15,16). The van der Waals surface area contributed by atoms with Crippen molar-refractivity contribution < 1.29 is 30.7 Å². The van der Waals surface area contributed by atoms with Gasteiger partial charge in [-0.1, -0.05) is 0 Å². The number of carbonyl (C=O) groups excluding carboxylic acids is 1. The largest absolute Gasteiger partial charge is 0.351 e. The monoisotopic (exact) mass is 296 g/mol. The van der Waals surface area contributed by atoms with E-state index in [1.54, 1.807) is 0 Å². The maximum atomic E-state index is 10.9. The SMILES string of the molecule is NC(=O)Nc1cc(S(=O)(=O)O)cc(S(=O)(=O)O)c1. The third-order valence-corrected chi connectivity index (χ3v) is 3.41. The van der Waals surface area contributed by atoms with Crippen LogP contribution in [0.15, 0.2) is 28.0 Å². The molecule has 0 spiro atoms. The Morgan fingerprint density at radius 2 is 1.39 bits per heavy atom. The van der Waals surface area contributed by atoms with Gasteiger partial charge in [0.15, 0.2) is 0 Å². The summed E-state index contributed by atoms with van der Waals surface area (Å²) in [5, 5.41) is 1.92. The molecule has 9 nitrogen and oxygen atoms in total. The topological polar surface area (TPSA) is 164 Å². The van der Waals surface area contributed by atoms with Crippen LogP contribution in [0, 0.1) is 0 Å². The van der Waals surface area contributed by atoms with Gasteiger partial charge in [0.2, 0.25) is 0 Å². The Morgan fingerprint density at radius 3 is 1.67 bits per heavy atom. The van der Waals surface area contributed by atoms with E-state index in [1.165, 1.54) is 0 Å². The molecule has 0 fully saturated rings. The normalized spacial score (nSPS) is 12.1. The first kappa shape index (κ1) is 14.4. The van der Waals surface area contributed by atoms with Crippen molar-refractivity contribution in [2.24, 2.45) is 5.73 Å². The molecular weight excluding hydrogens is 288 g/mol. The van der Waals surface area contributed by atoms with E-state index in [4.69, 9.17) is 14.8 Å². The Morgan fingerprint density at radius 1 is 1.00 bits per heavy atom. The van der Waals surface area contributed by atoms with Crippen LogP contribution in [-0.2, 0) is 20.2 Å². The highest BCUT2D eigenvalue weighted by atomic mass is 32.2. The first-order valence-electron chi connectivity index (χ1n) is 4.16. The third-order valence-electron chi connectivity index (χ3n) is 1.74. The highest BCUT2D eigenvalue weighted by molar-refractivity contribution is 7.86. The molecule has 0 radical (unpaired) electrons. The summed E-state index contributed by atoms with van der Waals surface area (Å²) in [7, 11) is -9.42. The predicted octanol–water partition coefficient (Wildman–Crippen LogP) is -0.329. The van der Waals surface area contributed by atoms with Gasteiger partial charge < -0.3 is 11.1 Å². The summed E-state index contributed by atoms with van der Waals surface area (Å²) in [6.45, 7) is 0. The average Bonchev–Trinajstić information content (AvgIpc) is 2.13. The lowest BCUT2D eigenvalue weighted by atomic mass is 10.3. The van der Waals surface area contributed by atoms with Gasteiger partial charge in [0.25, 0.3) is 20.2 Å². The molecule has 0 atom stereocenters. The molecule has 0 aliphatic carbocycles. The molecule has 0 bridgehead atoms. The number of carbonyl (C=O) groups is 1. The number of primary amides is 1. The third kappa shape index (κ3) is 3.66. The maximum Gasteiger partial charge on any atom is 0.316 e. The lowest BCUT2D eigenvalue weighted by molar-refractivity contribution is 0.259. The van der Waals surface area contributed by atoms with Gasteiger partial charge in [0.1, 0.15) is 0 Å². The molecule has 0 aromatic heterocycles. The van der Waals surface area contributed by atoms with Crippen molar-refractivity contribution in [3.05, 3.63) is 18.2 Å². The van der Waals surface area contributed by atoms with Crippen LogP contribution in [0.3, 0.4) is 0 Å². The molecule has 1 aromatic rings. The highest BCUT2D eigenvalue weighted by Crippen LogP contribution is 2.22. The van der Waals surface area contributed by atoms with Crippen LogP contribution in [0.4, 0.5) is 10.5 Å². The van der Waals surface area contributed by atoms with Crippen molar-refractivity contribution in [3.63, 3.8) is 0 Å². The number of nitrogens with two attached hydrogens (primary N) is 1. The van der Waals surface area contributed by atoms with Crippen molar-refractivity contribution in [2.75, 3.05) is 5.32 Å². The van der Waals surface area contributed by atoms with Crippen molar-refractivity contribution >= 4 is 32.0 Å². The Kier molecular flexibility index (Phi) is 3.62. The number of nitrogens with one attached hydrogen (secondary N) is 1. The van der Waals surface area contributed by atoms with Gasteiger partial charge in [0.05, 0.1) is 9.79 Å². The summed E-state index contributed by atoms with van der Waals surface area (Å²) in [5.41, 5.74) is 4.45. The summed E-state index contributed by atoms with van der Waals surface area (Å²) in [6, 6.07) is 0.990. The van der Waals surface area contributed by atoms with E-state index in [0.717, 1.165) is 12.1 Å². The van der Waals surface area contributed by atoms with Gasteiger partial charge in [0, 0.05) is 5.69 Å². The lowest BCUT2D eigenvalue weighted by Gasteiger charge is -2.06. The number of hydrogen-bond donors (Lipinski definition) is 4. The van der Waals surface area contributed by atoms with E-state index in [-0.39, 0.29) is 5.69 Å². The summed E-state index contributed by atoms with van der Waals surface area (Å²) in [6.07, 6.45) is 0. The van der Waals surface area contributed by atoms with Gasteiger partial charge in [-0.05, 0) is 18.2 Å². The minimum Gasteiger partial charge on any atom is -0.351 e. The molecule has 0 saturated heterocycles. The molecule has 18 heavy (non-hydrogen) atoms. The second-order valence-electron chi connectivity index (χ2n) is 3.13. The molecule has 11 heteroatoms. The van der Waals surface area contributed by atoms with Crippen LogP contribution in [-0.4, -0.2) is 32.0 Å². The smallest absolute Gasteiger partial charge is 0.316 e. The van der Waals surface area contributed by atoms with Crippen LogP contribution in [0.5, 0.6) is 0 Å². The summed E-state index contributed by atoms with van der Waals surface area (Å²) >= 11 is 0. The van der Waals surface area contributed by atoms with Crippen molar-refractivity contribution in [3.8, 4) is 0 Å². The Bertz CT molecular complexity index is 642. The van der Waals surface area contributed by atoms with Crippen molar-refractivity contribution in [1.82, 2.24) is 0 Å². The minimum atomic E-state index is -4.71. The van der Waals surface area contributed by atoms with E-state index < -0.39 is 36.1 Å². The second-order valence-corrected chi connectivity index (χ2v) is 5.98. The zero-order valence-corrected chi connectivity index (χ0v) is 10.2. The molecule has 0 heterocycles. The van der Waals surface area contributed by atoms with Gasteiger partial charge >= 0.3 is 6.03 Å². The van der Waals surface area contributed by atoms with E-state index in [9.17, 15) is 21.6 Å². The van der Waals surface area contributed by atoms with Crippen LogP contribution in [0.2, 0.25) is 0 Å². The Balaban J connectivity index is 3.53. The lowest BCUT2D eigenvalue weighted by Crippen LogP contribution is -2.19. The fourth-order valence-corrected chi connectivity index (χ4v) is 2.26. The van der Waals surface area contributed by atoms with Gasteiger partial charge in [-0.2, -0.15) is 16.8 Å². The molecule has 0 aliphatic heterocycles. The first-order chi connectivity index (χ1) is 8.00. The number of amides is 2. The molecule has 5 N–H and O–H groups in total. The van der Waals surface area contributed by atoms with Crippen LogP contribution in [0.1, 0.15) is 0 Å². The zero-order chi connectivity index (χ0) is 14.1. The van der Waals surface area contributed by atoms with E-state index in [2.05, 4.69) is 0 Å². The number of hydrogen-bond acceptors (Lipinski definition) is 5. The molecule has 0 saturated carbocycles. The number of rotatable bonds is 3. The molecule has 2 amide bonds. The minimum absolute atomic E-state index is 0.315. The molecular formula is C7H8N2O7S2. The zero-order valence-electron chi connectivity index (χ0n) is 8.56. The quantitative estimate of drug-likeness (QED) is 0.554. The van der Waals surface area contributed by atoms with Crippen molar-refractivity contribution in [2.45, 2.75) is 9.79 Å². The van der Waals surface area contributed by atoms with E-state index in [1.807, 2.05) is 5.32 Å². The molecule has 100 valence electrons. The van der Waals surface area contributed by atoms with Crippen molar-refractivity contribution in [1.29, 1.82) is 0 Å². The number of benzene rings is 1. The molecule has 1 rings (SSSR count). The first-order valence-corrected chi connectivity index (χ1v) is 7.05. The van der Waals surface area contributed by atoms with Gasteiger partial charge in [-0.25, -0.2) is 4.79 Å². The number of anilines is 1. The molecule has 0 unspecified atom stereocenters. The second kappa shape index (κ2) is 4.53. The Hall–Kier alpha value is -1.69. The van der Waals surface area contributed by atoms with Crippen LogP contribution in [0.25, 0.3) is 0 Å². The fourth-order valence-electron chi connectivity index (χ4n) is 1.08. The maximum absolute atomic E-state index is 10.9. The number of urea groups is 1. The summed E-state index contributed by atoms with van der Waals surface area (Å²) in [5.74, 6) is 0. The summed E-state index contributed by atoms with van der Waals surface area (Å²) in [4.78, 5) is 8.94. The van der Waals surface area contributed by atoms with E-state index >= 15 is 0 Å². The fraction of sp³-hybridized carbons (Fsp3) is 0. The summed E-state index contributed by atoms with van der Waals surface area (Å²) < 4.78 is 61.1. The Labute approximate surface area is 102 Å². The highest BCUT2D eigenvalue weighted by Gasteiger charge is 2.18. The van der Waals surface area contributed by atoms with Gasteiger partial charge in [-0.15, -0.1) is 0 Å². The molecule has 0 aliphatic rings. The van der Waals surface area contributed by atoms with Gasteiger partial charge in [-0.3, -0.25) is 9.11 Å². The van der Waals surface area contributed by atoms with E-state index in [0.29, 0.717) is 6.07 Å². The van der Waals surface area contributed by atoms with Crippen LogP contribution < -0.4 is 11.1 Å². The average molecular weight is 296 g/mol. The predicted molar refractivity (Wildman–Crippen MR) is 59.3 cm³/mol. The van der Waals surface area contributed by atoms with Crippen LogP contribution >= 0.6 is 0 Å². The molecule has 1 aromatic carbocycles.